The number of benzene rings is 1. The molecule has 1 aromatic heterocycles. The van der Waals surface area contributed by atoms with E-state index < -0.39 is 0 Å². The fourth-order valence-corrected chi connectivity index (χ4v) is 2.19. The number of hydrogen-bond donors (Lipinski definition) is 2. The summed E-state index contributed by atoms with van der Waals surface area (Å²) < 4.78 is 4.83. The van der Waals surface area contributed by atoms with E-state index in [-0.39, 0.29) is 5.97 Å². The van der Waals surface area contributed by atoms with Crippen molar-refractivity contribution in [3.63, 3.8) is 0 Å². The molecule has 0 bridgehead atoms. The van der Waals surface area contributed by atoms with E-state index in [0.29, 0.717) is 11.3 Å². The minimum absolute atomic E-state index is 0.339. The fourth-order valence-electron chi connectivity index (χ4n) is 2.19. The molecule has 0 spiro atoms. The molecule has 0 atom stereocenters. The highest BCUT2D eigenvalue weighted by molar-refractivity contribution is 5.99. The van der Waals surface area contributed by atoms with Gasteiger partial charge in [-0.1, -0.05) is 12.1 Å². The molecule has 1 aromatic carbocycles. The van der Waals surface area contributed by atoms with Gasteiger partial charge in [0.1, 0.15) is 0 Å². The topological polar surface area (TPSA) is 68.1 Å². The van der Waals surface area contributed by atoms with Crippen LogP contribution in [0.4, 0.5) is 5.69 Å². The molecule has 94 valence electrons. The Morgan fingerprint density at radius 1 is 1.28 bits per heavy atom. The molecule has 4 nitrogen and oxygen atoms in total. The van der Waals surface area contributed by atoms with Gasteiger partial charge in [-0.3, -0.25) is 0 Å². The molecule has 4 heteroatoms. The lowest BCUT2D eigenvalue weighted by Gasteiger charge is -2.06. The first-order valence-corrected chi connectivity index (χ1v) is 5.68. The number of nitrogens with two attached hydrogens (primary N) is 1. The third kappa shape index (κ3) is 1.97. The summed E-state index contributed by atoms with van der Waals surface area (Å²) in [6, 6.07) is 7.46. The monoisotopic (exact) mass is 244 g/mol. The average Bonchev–Trinajstić information content (AvgIpc) is 2.63. The van der Waals surface area contributed by atoms with Crippen LogP contribution in [0.1, 0.15) is 21.7 Å². The molecule has 2 aromatic rings. The number of aryl methyl sites for hydroxylation is 2. The van der Waals surface area contributed by atoms with Gasteiger partial charge in [0.2, 0.25) is 0 Å². The summed E-state index contributed by atoms with van der Waals surface area (Å²) in [6.07, 6.45) is 0. The second-order valence-electron chi connectivity index (χ2n) is 4.24. The molecule has 2 rings (SSSR count). The van der Waals surface area contributed by atoms with Gasteiger partial charge in [0.15, 0.2) is 0 Å². The molecule has 0 saturated heterocycles. The van der Waals surface area contributed by atoms with Gasteiger partial charge in [0.25, 0.3) is 0 Å². The van der Waals surface area contributed by atoms with Gasteiger partial charge >= 0.3 is 5.97 Å². The van der Waals surface area contributed by atoms with E-state index in [1.165, 1.54) is 7.11 Å². The maximum atomic E-state index is 11.9. The second-order valence-corrected chi connectivity index (χ2v) is 4.24. The summed E-state index contributed by atoms with van der Waals surface area (Å²) in [4.78, 5) is 15.0. The molecule has 0 unspecified atom stereocenters. The number of methoxy groups -OCH3 is 1. The Kier molecular flexibility index (Phi) is 3.10. The fraction of sp³-hybridized carbons (Fsp3) is 0.214. The number of hydrogen-bond acceptors (Lipinski definition) is 3. The van der Waals surface area contributed by atoms with Crippen LogP contribution in [0.5, 0.6) is 0 Å². The molecule has 0 saturated carbocycles. The SMILES string of the molecule is COC(=O)c1c(C)[nH]c(C)c1-c1cccc(N)c1. The first kappa shape index (κ1) is 12.2. The minimum Gasteiger partial charge on any atom is -0.465 e. The molecule has 3 N–H and O–H groups in total. The Hall–Kier alpha value is -2.23. The highest BCUT2D eigenvalue weighted by atomic mass is 16.5. The van der Waals surface area contributed by atoms with Crippen LogP contribution in [0.15, 0.2) is 24.3 Å². The first-order valence-electron chi connectivity index (χ1n) is 5.68. The van der Waals surface area contributed by atoms with Gasteiger partial charge in [-0.2, -0.15) is 0 Å². The van der Waals surface area contributed by atoms with Gasteiger partial charge < -0.3 is 15.5 Å². The lowest BCUT2D eigenvalue weighted by atomic mass is 10.00. The quantitative estimate of drug-likeness (QED) is 0.630. The summed E-state index contributed by atoms with van der Waals surface area (Å²) in [7, 11) is 1.38. The van der Waals surface area contributed by atoms with Crippen LogP contribution >= 0.6 is 0 Å². The number of anilines is 1. The lowest BCUT2D eigenvalue weighted by molar-refractivity contribution is 0.0601. The zero-order chi connectivity index (χ0) is 13.3. The normalized spacial score (nSPS) is 10.4. The van der Waals surface area contributed by atoms with Gasteiger partial charge in [-0.15, -0.1) is 0 Å². The smallest absolute Gasteiger partial charge is 0.340 e. The third-order valence-corrected chi connectivity index (χ3v) is 2.94. The number of ether oxygens (including phenoxy) is 1. The van der Waals surface area contributed by atoms with Crippen molar-refractivity contribution in [1.82, 2.24) is 4.98 Å². The van der Waals surface area contributed by atoms with E-state index in [1.807, 2.05) is 38.1 Å². The summed E-state index contributed by atoms with van der Waals surface area (Å²) in [6.45, 7) is 3.78. The highest BCUT2D eigenvalue weighted by Gasteiger charge is 2.20. The summed E-state index contributed by atoms with van der Waals surface area (Å²) in [5, 5.41) is 0. The van der Waals surface area contributed by atoms with Crippen molar-refractivity contribution in [2.24, 2.45) is 0 Å². The Morgan fingerprint density at radius 3 is 2.61 bits per heavy atom. The van der Waals surface area contributed by atoms with Crippen LogP contribution < -0.4 is 5.73 Å². The Bertz CT molecular complexity index is 600. The van der Waals surface area contributed by atoms with Crippen molar-refractivity contribution in [2.45, 2.75) is 13.8 Å². The van der Waals surface area contributed by atoms with Crippen molar-refractivity contribution in [2.75, 3.05) is 12.8 Å². The van der Waals surface area contributed by atoms with Crippen LogP contribution in [0, 0.1) is 13.8 Å². The molecule has 0 fully saturated rings. The molecule has 0 aliphatic heterocycles. The number of rotatable bonds is 2. The lowest BCUT2D eigenvalue weighted by Crippen LogP contribution is -2.03. The van der Waals surface area contributed by atoms with Crippen LogP contribution in [-0.2, 0) is 4.74 Å². The largest absolute Gasteiger partial charge is 0.465 e. The number of nitrogen functional groups attached to an aromatic ring is 1. The predicted molar refractivity (Wildman–Crippen MR) is 71.5 cm³/mol. The van der Waals surface area contributed by atoms with Gasteiger partial charge in [-0.25, -0.2) is 4.79 Å². The van der Waals surface area contributed by atoms with Crippen molar-refractivity contribution in [3.05, 3.63) is 41.2 Å². The van der Waals surface area contributed by atoms with Crippen molar-refractivity contribution < 1.29 is 9.53 Å². The van der Waals surface area contributed by atoms with Crippen molar-refractivity contribution in [1.29, 1.82) is 0 Å². The van der Waals surface area contributed by atoms with E-state index in [1.54, 1.807) is 0 Å². The van der Waals surface area contributed by atoms with Gasteiger partial charge in [0.05, 0.1) is 12.7 Å². The molecule has 18 heavy (non-hydrogen) atoms. The van der Waals surface area contributed by atoms with Crippen molar-refractivity contribution in [3.8, 4) is 11.1 Å². The molecular formula is C14H16N2O2. The van der Waals surface area contributed by atoms with E-state index in [9.17, 15) is 4.79 Å². The first-order chi connectivity index (χ1) is 8.54. The molecule has 0 aliphatic carbocycles. The zero-order valence-electron chi connectivity index (χ0n) is 10.7. The van der Waals surface area contributed by atoms with E-state index in [0.717, 1.165) is 22.5 Å². The van der Waals surface area contributed by atoms with Crippen LogP contribution in [0.25, 0.3) is 11.1 Å². The molecule has 0 radical (unpaired) electrons. The van der Waals surface area contributed by atoms with Crippen LogP contribution in [0.2, 0.25) is 0 Å². The number of aromatic nitrogens is 1. The summed E-state index contributed by atoms with van der Waals surface area (Å²) >= 11 is 0. The minimum atomic E-state index is -0.339. The van der Waals surface area contributed by atoms with Crippen LogP contribution in [-0.4, -0.2) is 18.1 Å². The standard InChI is InChI=1S/C14H16N2O2/c1-8-12(10-5-4-6-11(15)7-10)13(9(2)16-8)14(17)18-3/h4-7,16H,15H2,1-3H3. The van der Waals surface area contributed by atoms with Crippen LogP contribution in [0.3, 0.4) is 0 Å². The summed E-state index contributed by atoms with van der Waals surface area (Å²) in [5.74, 6) is -0.339. The Balaban J connectivity index is 2.67. The van der Waals surface area contributed by atoms with E-state index in [4.69, 9.17) is 10.5 Å². The number of carbonyl (C=O) groups excluding carboxylic acids is 1. The molecule has 1 heterocycles. The Labute approximate surface area is 106 Å². The Morgan fingerprint density at radius 2 is 2.00 bits per heavy atom. The predicted octanol–water partition coefficient (Wildman–Crippen LogP) is 2.67. The second kappa shape index (κ2) is 4.56. The number of aromatic amines is 1. The molecular weight excluding hydrogens is 228 g/mol. The molecule has 0 amide bonds. The average molecular weight is 244 g/mol. The van der Waals surface area contributed by atoms with Crippen molar-refractivity contribution >= 4 is 11.7 Å². The highest BCUT2D eigenvalue weighted by Crippen LogP contribution is 2.31. The zero-order valence-corrected chi connectivity index (χ0v) is 10.7. The molecule has 0 aliphatic rings. The van der Waals surface area contributed by atoms with Gasteiger partial charge in [-0.05, 0) is 31.5 Å². The van der Waals surface area contributed by atoms with Gasteiger partial charge in [0, 0.05) is 22.6 Å². The summed E-state index contributed by atoms with van der Waals surface area (Å²) in [5.41, 5.74) is 10.5. The van der Waals surface area contributed by atoms with E-state index >= 15 is 0 Å². The number of nitrogens with one attached hydrogen (secondary N) is 1. The number of H-pyrrole nitrogens is 1. The van der Waals surface area contributed by atoms with E-state index in [2.05, 4.69) is 4.98 Å². The number of carbonyl (C=O) groups is 1. The maximum absolute atomic E-state index is 11.9. The maximum Gasteiger partial charge on any atom is 0.340 e. The number of esters is 1. The third-order valence-electron chi connectivity index (χ3n) is 2.94.